The Bertz CT molecular complexity index is 804. The van der Waals surface area contributed by atoms with Crippen LogP contribution in [-0.4, -0.2) is 20.9 Å². The fourth-order valence-corrected chi connectivity index (χ4v) is 2.93. The van der Waals surface area contributed by atoms with Crippen LogP contribution in [0.15, 0.2) is 40.5 Å². The molecule has 112 valence electrons. The maximum Gasteiger partial charge on any atom is 0.264 e. The summed E-state index contributed by atoms with van der Waals surface area (Å²) in [7, 11) is 1.84. The predicted octanol–water partition coefficient (Wildman–Crippen LogP) is 2.93. The Balaban J connectivity index is 1.86. The number of nitrogens with one attached hydrogen (secondary N) is 1. The third-order valence-electron chi connectivity index (χ3n) is 3.26. The zero-order valence-corrected chi connectivity index (χ0v) is 13.4. The number of hydrogen-bond donors (Lipinski definition) is 1. The van der Waals surface area contributed by atoms with Gasteiger partial charge in [-0.25, -0.2) is 4.99 Å². The molecule has 22 heavy (non-hydrogen) atoms. The van der Waals surface area contributed by atoms with E-state index in [9.17, 15) is 4.79 Å². The lowest BCUT2D eigenvalue weighted by Gasteiger charge is -2.02. The van der Waals surface area contributed by atoms with E-state index in [0.717, 1.165) is 22.4 Å². The molecule has 0 saturated carbocycles. The molecule has 1 aromatic heterocycles. The van der Waals surface area contributed by atoms with Crippen molar-refractivity contribution in [1.82, 2.24) is 15.1 Å². The number of nitrogens with zero attached hydrogens (tertiary/aromatic N) is 3. The van der Waals surface area contributed by atoms with E-state index < -0.39 is 0 Å². The number of rotatable bonds is 2. The van der Waals surface area contributed by atoms with Crippen molar-refractivity contribution in [3.63, 3.8) is 0 Å². The Morgan fingerprint density at radius 3 is 2.91 bits per heavy atom. The van der Waals surface area contributed by atoms with Gasteiger partial charge in [-0.05, 0) is 48.9 Å². The topological polar surface area (TPSA) is 59.3 Å². The average Bonchev–Trinajstić information content (AvgIpc) is 3.01. The second-order valence-electron chi connectivity index (χ2n) is 5.22. The number of amides is 1. The summed E-state index contributed by atoms with van der Waals surface area (Å²) in [6, 6.07) is 6.09. The van der Waals surface area contributed by atoms with Crippen molar-refractivity contribution in [3.05, 3.63) is 52.2 Å². The Morgan fingerprint density at radius 1 is 1.36 bits per heavy atom. The molecule has 2 heterocycles. The molecule has 1 saturated heterocycles. The van der Waals surface area contributed by atoms with Crippen molar-refractivity contribution in [1.29, 1.82) is 0 Å². The molecule has 0 aliphatic carbocycles. The van der Waals surface area contributed by atoms with Crippen LogP contribution >= 0.6 is 11.8 Å². The lowest BCUT2D eigenvalue weighted by atomic mass is 10.1. The molecule has 3 rings (SSSR count). The first-order chi connectivity index (χ1) is 10.5. The molecule has 0 radical (unpaired) electrons. The van der Waals surface area contributed by atoms with Crippen LogP contribution < -0.4 is 5.32 Å². The van der Waals surface area contributed by atoms with Crippen molar-refractivity contribution in [2.45, 2.75) is 13.8 Å². The van der Waals surface area contributed by atoms with Gasteiger partial charge in [0, 0.05) is 18.8 Å². The van der Waals surface area contributed by atoms with E-state index in [1.54, 1.807) is 10.9 Å². The van der Waals surface area contributed by atoms with Gasteiger partial charge in [-0.15, -0.1) is 0 Å². The van der Waals surface area contributed by atoms with Crippen LogP contribution in [0, 0.1) is 13.8 Å². The van der Waals surface area contributed by atoms with Gasteiger partial charge in [0.15, 0.2) is 5.17 Å². The molecule has 1 N–H and O–H groups in total. The van der Waals surface area contributed by atoms with Crippen molar-refractivity contribution in [2.24, 2.45) is 12.0 Å². The number of hydrogen-bond acceptors (Lipinski definition) is 4. The van der Waals surface area contributed by atoms with E-state index in [2.05, 4.69) is 15.4 Å². The van der Waals surface area contributed by atoms with Gasteiger partial charge in [-0.3, -0.25) is 9.48 Å². The quantitative estimate of drug-likeness (QED) is 0.867. The third kappa shape index (κ3) is 3.12. The van der Waals surface area contributed by atoms with Crippen LogP contribution in [0.4, 0.5) is 5.69 Å². The van der Waals surface area contributed by atoms with Crippen molar-refractivity contribution in [3.8, 4) is 0 Å². The number of thioether (sulfide) groups is 1. The van der Waals surface area contributed by atoms with Crippen molar-refractivity contribution < 1.29 is 4.79 Å². The van der Waals surface area contributed by atoms with Crippen LogP contribution in [0.5, 0.6) is 0 Å². The normalized spacial score (nSPS) is 18.2. The maximum absolute atomic E-state index is 12.0. The van der Waals surface area contributed by atoms with E-state index in [4.69, 9.17) is 0 Å². The van der Waals surface area contributed by atoms with Crippen LogP contribution in [0.3, 0.4) is 0 Å². The molecule has 6 heteroatoms. The van der Waals surface area contributed by atoms with E-state index in [1.165, 1.54) is 11.8 Å². The molecule has 0 atom stereocenters. The van der Waals surface area contributed by atoms with Gasteiger partial charge in [0.25, 0.3) is 5.91 Å². The molecule has 0 unspecified atom stereocenters. The van der Waals surface area contributed by atoms with E-state index in [1.807, 2.05) is 51.4 Å². The Morgan fingerprint density at radius 2 is 2.18 bits per heavy atom. The highest BCUT2D eigenvalue weighted by Gasteiger charge is 2.24. The van der Waals surface area contributed by atoms with Gasteiger partial charge in [0.05, 0.1) is 16.8 Å². The van der Waals surface area contributed by atoms with E-state index in [0.29, 0.717) is 10.1 Å². The number of aryl methyl sites for hydroxylation is 3. The number of aliphatic imine (C=N–C) groups is 1. The van der Waals surface area contributed by atoms with Crippen molar-refractivity contribution >= 4 is 34.6 Å². The zero-order valence-electron chi connectivity index (χ0n) is 12.6. The zero-order chi connectivity index (χ0) is 15.7. The Labute approximate surface area is 133 Å². The molecule has 1 aliphatic heterocycles. The highest BCUT2D eigenvalue weighted by atomic mass is 32.2. The molecule has 5 nitrogen and oxygen atoms in total. The molecule has 0 bridgehead atoms. The first-order valence-corrected chi connectivity index (χ1v) is 7.68. The molecule has 1 fully saturated rings. The number of aromatic nitrogens is 2. The Hall–Kier alpha value is -2.34. The van der Waals surface area contributed by atoms with Gasteiger partial charge in [0.2, 0.25) is 0 Å². The Kier molecular flexibility index (Phi) is 3.85. The molecular weight excluding hydrogens is 296 g/mol. The smallest absolute Gasteiger partial charge is 0.264 e. The van der Waals surface area contributed by atoms with Crippen LogP contribution in [-0.2, 0) is 11.8 Å². The largest absolute Gasteiger partial charge is 0.300 e. The highest BCUT2D eigenvalue weighted by Crippen LogP contribution is 2.29. The molecule has 0 spiro atoms. The summed E-state index contributed by atoms with van der Waals surface area (Å²) in [4.78, 5) is 17.2. The first kappa shape index (κ1) is 14.6. The highest BCUT2D eigenvalue weighted by molar-refractivity contribution is 8.18. The summed E-state index contributed by atoms with van der Waals surface area (Å²) >= 11 is 1.35. The summed E-state index contributed by atoms with van der Waals surface area (Å²) < 4.78 is 1.70. The van der Waals surface area contributed by atoms with Gasteiger partial charge >= 0.3 is 0 Å². The summed E-state index contributed by atoms with van der Waals surface area (Å²) in [6.45, 7) is 4.03. The van der Waals surface area contributed by atoms with Gasteiger partial charge in [-0.1, -0.05) is 12.1 Å². The number of amidine groups is 1. The summed E-state index contributed by atoms with van der Waals surface area (Å²) in [5.41, 5.74) is 4.00. The van der Waals surface area contributed by atoms with E-state index >= 15 is 0 Å². The minimum Gasteiger partial charge on any atom is -0.300 e. The number of benzene rings is 1. The fourth-order valence-electron chi connectivity index (χ4n) is 2.10. The second kappa shape index (κ2) is 5.81. The summed E-state index contributed by atoms with van der Waals surface area (Å²) in [6.07, 6.45) is 5.40. The lowest BCUT2D eigenvalue weighted by Crippen LogP contribution is -2.19. The predicted molar refractivity (Wildman–Crippen MR) is 89.9 cm³/mol. The van der Waals surface area contributed by atoms with E-state index in [-0.39, 0.29) is 5.91 Å². The molecular formula is C16H16N4OS. The molecule has 1 aliphatic rings. The monoisotopic (exact) mass is 312 g/mol. The standard InChI is InChI=1S/C16H16N4OS/c1-10-4-5-11(2)13(6-10)18-16-19-15(21)14(22-16)7-12-8-17-20(3)9-12/h4-9H,1-3H3,(H,18,19,21)/b14-7+. The minimum atomic E-state index is -0.127. The van der Waals surface area contributed by atoms with Gasteiger partial charge in [0.1, 0.15) is 0 Å². The molecule has 1 amide bonds. The fraction of sp³-hybridized carbons (Fsp3) is 0.188. The van der Waals surface area contributed by atoms with Crippen molar-refractivity contribution in [2.75, 3.05) is 0 Å². The van der Waals surface area contributed by atoms with Crippen LogP contribution in [0.2, 0.25) is 0 Å². The SMILES string of the molecule is Cc1ccc(C)c(N=C2NC(=O)/C(=C\c3cnn(C)c3)S2)c1. The summed E-state index contributed by atoms with van der Waals surface area (Å²) in [5, 5.41) is 7.50. The second-order valence-corrected chi connectivity index (χ2v) is 6.25. The number of carbonyl (C=O) groups is 1. The maximum atomic E-state index is 12.0. The average molecular weight is 312 g/mol. The van der Waals surface area contributed by atoms with Crippen LogP contribution in [0.1, 0.15) is 16.7 Å². The van der Waals surface area contributed by atoms with Gasteiger partial charge < -0.3 is 5.32 Å². The molecule has 1 aromatic carbocycles. The number of carbonyl (C=O) groups excluding carboxylic acids is 1. The third-order valence-corrected chi connectivity index (χ3v) is 4.17. The minimum absolute atomic E-state index is 0.127. The summed E-state index contributed by atoms with van der Waals surface area (Å²) in [5.74, 6) is -0.127. The lowest BCUT2D eigenvalue weighted by molar-refractivity contribution is -0.115. The molecule has 2 aromatic rings. The van der Waals surface area contributed by atoms with Gasteiger partial charge in [-0.2, -0.15) is 5.10 Å². The first-order valence-electron chi connectivity index (χ1n) is 6.87. The van der Waals surface area contributed by atoms with Crippen LogP contribution in [0.25, 0.3) is 6.08 Å².